The minimum atomic E-state index is -0.429. The second-order valence-corrected chi connectivity index (χ2v) is 7.48. The van der Waals surface area contributed by atoms with E-state index < -0.39 is 7.12 Å². The highest BCUT2D eigenvalue weighted by Gasteiger charge is 2.51. The lowest BCUT2D eigenvalue weighted by Crippen LogP contribution is -2.41. The standard InChI is InChI=1S/C19H28BNO4/c1-14(2)13-21-11-12-23-17(22)15-7-9-16(10-8-15)20-24-18(3,4)19(5,6)25-20/h7-10,21H,1,11-13H2,2-6H3. The fraction of sp³-hybridized carbons (Fsp3) is 0.526. The minimum absolute atomic E-state index is 0.324. The second kappa shape index (κ2) is 7.73. The minimum Gasteiger partial charge on any atom is -0.461 e. The number of benzene rings is 1. The molecule has 0 unspecified atom stereocenters. The quantitative estimate of drug-likeness (QED) is 0.356. The van der Waals surface area contributed by atoms with Crippen LogP contribution < -0.4 is 10.8 Å². The zero-order valence-electron chi connectivity index (χ0n) is 15.8. The monoisotopic (exact) mass is 345 g/mol. The summed E-state index contributed by atoms with van der Waals surface area (Å²) in [7, 11) is -0.429. The highest BCUT2D eigenvalue weighted by Crippen LogP contribution is 2.36. The van der Waals surface area contributed by atoms with Gasteiger partial charge in [-0.3, -0.25) is 0 Å². The van der Waals surface area contributed by atoms with E-state index in [4.69, 9.17) is 14.0 Å². The van der Waals surface area contributed by atoms with Gasteiger partial charge in [0.2, 0.25) is 0 Å². The molecule has 1 aromatic carbocycles. The maximum Gasteiger partial charge on any atom is 0.494 e. The van der Waals surface area contributed by atoms with Gasteiger partial charge in [0.05, 0.1) is 16.8 Å². The van der Waals surface area contributed by atoms with Crippen molar-refractivity contribution in [2.24, 2.45) is 0 Å². The van der Waals surface area contributed by atoms with Crippen LogP contribution in [0.25, 0.3) is 0 Å². The molecule has 1 N–H and O–H groups in total. The van der Waals surface area contributed by atoms with Crippen LogP contribution in [-0.2, 0) is 14.0 Å². The van der Waals surface area contributed by atoms with Crippen LogP contribution in [0.1, 0.15) is 45.0 Å². The largest absolute Gasteiger partial charge is 0.494 e. The number of nitrogens with one attached hydrogen (secondary N) is 1. The molecule has 0 spiro atoms. The Hall–Kier alpha value is -1.63. The van der Waals surface area contributed by atoms with Crippen molar-refractivity contribution >= 4 is 18.6 Å². The van der Waals surface area contributed by atoms with Gasteiger partial charge in [0.15, 0.2) is 0 Å². The van der Waals surface area contributed by atoms with Crippen molar-refractivity contribution in [1.29, 1.82) is 0 Å². The highest BCUT2D eigenvalue weighted by atomic mass is 16.7. The molecular weight excluding hydrogens is 317 g/mol. The van der Waals surface area contributed by atoms with E-state index in [0.717, 1.165) is 17.6 Å². The Morgan fingerprint density at radius 3 is 2.24 bits per heavy atom. The Kier molecular flexibility index (Phi) is 6.09. The molecule has 0 radical (unpaired) electrons. The molecular formula is C19H28BNO4. The van der Waals surface area contributed by atoms with Crippen molar-refractivity contribution in [2.75, 3.05) is 19.7 Å². The number of carbonyl (C=O) groups excluding carboxylic acids is 1. The topological polar surface area (TPSA) is 56.8 Å². The molecule has 0 saturated carbocycles. The van der Waals surface area contributed by atoms with Gasteiger partial charge in [-0.2, -0.15) is 0 Å². The van der Waals surface area contributed by atoms with Gasteiger partial charge in [0.25, 0.3) is 0 Å². The first-order chi connectivity index (χ1) is 11.6. The Morgan fingerprint density at radius 1 is 1.16 bits per heavy atom. The van der Waals surface area contributed by atoms with Gasteiger partial charge in [0, 0.05) is 13.1 Å². The van der Waals surface area contributed by atoms with E-state index in [1.807, 2.05) is 46.8 Å². The number of ether oxygens (including phenoxy) is 1. The van der Waals surface area contributed by atoms with E-state index in [1.54, 1.807) is 12.1 Å². The number of esters is 1. The van der Waals surface area contributed by atoms with Crippen molar-refractivity contribution in [1.82, 2.24) is 5.32 Å². The molecule has 0 aromatic heterocycles. The Balaban J connectivity index is 1.88. The first-order valence-corrected chi connectivity index (χ1v) is 8.60. The van der Waals surface area contributed by atoms with E-state index in [0.29, 0.717) is 18.7 Å². The van der Waals surface area contributed by atoms with Crippen molar-refractivity contribution in [2.45, 2.75) is 45.8 Å². The fourth-order valence-corrected chi connectivity index (χ4v) is 2.36. The molecule has 0 bridgehead atoms. The van der Waals surface area contributed by atoms with Gasteiger partial charge in [-0.25, -0.2) is 4.79 Å². The summed E-state index contributed by atoms with van der Waals surface area (Å²) in [5.41, 5.74) is 1.68. The molecule has 25 heavy (non-hydrogen) atoms. The van der Waals surface area contributed by atoms with Crippen molar-refractivity contribution < 1.29 is 18.8 Å². The molecule has 5 nitrogen and oxygen atoms in total. The molecule has 6 heteroatoms. The van der Waals surface area contributed by atoms with Crippen LogP contribution in [0, 0.1) is 0 Å². The van der Waals surface area contributed by atoms with Crippen molar-refractivity contribution in [3.8, 4) is 0 Å². The molecule has 0 aliphatic carbocycles. The predicted molar refractivity (Wildman–Crippen MR) is 100 cm³/mol. The van der Waals surface area contributed by atoms with Crippen LogP contribution in [-0.4, -0.2) is 44.0 Å². The van der Waals surface area contributed by atoms with Gasteiger partial charge < -0.3 is 19.4 Å². The molecule has 0 atom stereocenters. The maximum absolute atomic E-state index is 12.1. The average molecular weight is 345 g/mol. The third-order valence-corrected chi connectivity index (χ3v) is 4.61. The molecule has 1 heterocycles. The zero-order chi connectivity index (χ0) is 18.7. The van der Waals surface area contributed by atoms with E-state index in [-0.39, 0.29) is 17.2 Å². The molecule has 0 amide bonds. The number of rotatable bonds is 7. The van der Waals surface area contributed by atoms with E-state index in [1.165, 1.54) is 0 Å². The Labute approximate surface area is 150 Å². The van der Waals surface area contributed by atoms with Crippen molar-refractivity contribution in [3.05, 3.63) is 42.0 Å². The summed E-state index contributed by atoms with van der Waals surface area (Å²) >= 11 is 0. The first-order valence-electron chi connectivity index (χ1n) is 8.60. The maximum atomic E-state index is 12.1. The molecule has 1 aromatic rings. The van der Waals surface area contributed by atoms with Crippen molar-refractivity contribution in [3.63, 3.8) is 0 Å². The molecule has 1 aliphatic rings. The van der Waals surface area contributed by atoms with Gasteiger partial charge in [-0.15, -0.1) is 0 Å². The lowest BCUT2D eigenvalue weighted by Gasteiger charge is -2.32. The summed E-state index contributed by atoms with van der Waals surface area (Å²) in [5, 5.41) is 3.14. The zero-order valence-corrected chi connectivity index (χ0v) is 15.8. The molecule has 1 aliphatic heterocycles. The lowest BCUT2D eigenvalue weighted by atomic mass is 9.79. The predicted octanol–water partition coefficient (Wildman–Crippen LogP) is 2.31. The third-order valence-electron chi connectivity index (χ3n) is 4.61. The van der Waals surface area contributed by atoms with Crippen LogP contribution in [0.5, 0.6) is 0 Å². The summed E-state index contributed by atoms with van der Waals surface area (Å²) in [6, 6.07) is 7.17. The van der Waals surface area contributed by atoms with Crippen LogP contribution >= 0.6 is 0 Å². The molecule has 136 valence electrons. The molecule has 1 saturated heterocycles. The Bertz CT molecular complexity index is 609. The van der Waals surface area contributed by atoms with Gasteiger partial charge >= 0.3 is 13.1 Å². The Morgan fingerprint density at radius 2 is 1.72 bits per heavy atom. The van der Waals surface area contributed by atoms with Gasteiger partial charge in [0.1, 0.15) is 6.61 Å². The normalized spacial score (nSPS) is 18.2. The lowest BCUT2D eigenvalue weighted by molar-refractivity contribution is 0.00578. The molecule has 2 rings (SSSR count). The second-order valence-electron chi connectivity index (χ2n) is 7.48. The van der Waals surface area contributed by atoms with E-state index >= 15 is 0 Å². The van der Waals surface area contributed by atoms with Crippen LogP contribution in [0.3, 0.4) is 0 Å². The third kappa shape index (κ3) is 4.94. The summed E-state index contributed by atoms with van der Waals surface area (Å²) in [6.45, 7) is 15.5. The average Bonchev–Trinajstić information content (AvgIpc) is 2.75. The summed E-state index contributed by atoms with van der Waals surface area (Å²) < 4.78 is 17.3. The smallest absolute Gasteiger partial charge is 0.461 e. The molecule has 1 fully saturated rings. The number of hydrogen-bond donors (Lipinski definition) is 1. The van der Waals surface area contributed by atoms with Crippen LogP contribution in [0.4, 0.5) is 0 Å². The number of hydrogen-bond acceptors (Lipinski definition) is 5. The fourth-order valence-electron chi connectivity index (χ4n) is 2.36. The summed E-state index contributed by atoms with van der Waals surface area (Å²) in [4.78, 5) is 12.1. The van der Waals surface area contributed by atoms with E-state index in [2.05, 4.69) is 11.9 Å². The van der Waals surface area contributed by atoms with Crippen LogP contribution in [0.15, 0.2) is 36.4 Å². The van der Waals surface area contributed by atoms with Gasteiger partial charge in [-0.05, 0) is 52.2 Å². The van der Waals surface area contributed by atoms with E-state index in [9.17, 15) is 4.79 Å². The van der Waals surface area contributed by atoms with Crippen LogP contribution in [0.2, 0.25) is 0 Å². The first kappa shape index (κ1) is 19.7. The summed E-state index contributed by atoms with van der Waals surface area (Å²) in [5.74, 6) is -0.336. The number of carbonyl (C=O) groups is 1. The SMILES string of the molecule is C=C(C)CNCCOC(=O)c1ccc(B2OC(C)(C)C(C)(C)O2)cc1. The van der Waals surface area contributed by atoms with Gasteiger partial charge in [-0.1, -0.05) is 24.3 Å². The highest BCUT2D eigenvalue weighted by molar-refractivity contribution is 6.62. The summed E-state index contributed by atoms with van der Waals surface area (Å²) in [6.07, 6.45) is 0.